The minimum absolute atomic E-state index is 0.133. The van der Waals surface area contributed by atoms with Crippen LogP contribution in [0.2, 0.25) is 5.02 Å². The predicted octanol–water partition coefficient (Wildman–Crippen LogP) is 2.13. The van der Waals surface area contributed by atoms with Crippen molar-refractivity contribution in [2.75, 3.05) is 14.1 Å². The molecular formula is C12H15ClFN3. The van der Waals surface area contributed by atoms with Gasteiger partial charge in [0, 0.05) is 36.6 Å². The van der Waals surface area contributed by atoms with Gasteiger partial charge in [-0.25, -0.2) is 4.39 Å². The second-order valence-corrected chi connectivity index (χ2v) is 4.46. The minimum Gasteiger partial charge on any atom is -0.359 e. The molecule has 1 fully saturated rings. The summed E-state index contributed by atoms with van der Waals surface area (Å²) in [6.45, 7) is 0. The maximum atomic E-state index is 13.7. The van der Waals surface area contributed by atoms with Crippen molar-refractivity contribution in [1.82, 2.24) is 10.6 Å². The Balaban J connectivity index is 2.08. The zero-order valence-corrected chi connectivity index (χ0v) is 10.6. The summed E-state index contributed by atoms with van der Waals surface area (Å²) in [5.74, 6) is 0.616. The van der Waals surface area contributed by atoms with Crippen molar-refractivity contribution < 1.29 is 4.39 Å². The van der Waals surface area contributed by atoms with E-state index in [4.69, 9.17) is 11.6 Å². The Labute approximate surface area is 105 Å². The Bertz CT molecular complexity index is 427. The molecular weight excluding hydrogens is 241 g/mol. The van der Waals surface area contributed by atoms with Gasteiger partial charge >= 0.3 is 0 Å². The molecule has 1 saturated carbocycles. The number of nitrogens with zero attached hydrogens (tertiary/aromatic N) is 1. The molecule has 0 bridgehead atoms. The van der Waals surface area contributed by atoms with Crippen LogP contribution >= 0.6 is 11.6 Å². The van der Waals surface area contributed by atoms with E-state index in [-0.39, 0.29) is 17.8 Å². The van der Waals surface area contributed by atoms with Crippen LogP contribution in [-0.4, -0.2) is 26.1 Å². The van der Waals surface area contributed by atoms with E-state index in [1.165, 1.54) is 6.07 Å². The van der Waals surface area contributed by atoms with Crippen LogP contribution in [0.3, 0.4) is 0 Å². The van der Waals surface area contributed by atoms with Gasteiger partial charge in [0.15, 0.2) is 5.96 Å². The van der Waals surface area contributed by atoms with Crippen molar-refractivity contribution in [2.45, 2.75) is 18.4 Å². The van der Waals surface area contributed by atoms with Gasteiger partial charge in [-0.15, -0.1) is 0 Å². The first-order chi connectivity index (χ1) is 8.17. The fraction of sp³-hybridized carbons (Fsp3) is 0.417. The molecule has 5 heteroatoms. The SMILES string of the molecule is CN=C(NC)NC1CC1c1c(F)cccc1Cl. The number of benzene rings is 1. The van der Waals surface area contributed by atoms with Gasteiger partial charge in [0.2, 0.25) is 0 Å². The van der Waals surface area contributed by atoms with E-state index in [0.717, 1.165) is 6.42 Å². The number of guanidine groups is 1. The van der Waals surface area contributed by atoms with E-state index in [1.54, 1.807) is 26.2 Å². The zero-order valence-electron chi connectivity index (χ0n) is 9.80. The molecule has 0 heterocycles. The molecule has 92 valence electrons. The number of nitrogens with one attached hydrogen (secondary N) is 2. The molecule has 0 saturated heterocycles. The third-order valence-corrected chi connectivity index (χ3v) is 3.27. The van der Waals surface area contributed by atoms with Crippen LogP contribution in [0.15, 0.2) is 23.2 Å². The molecule has 3 nitrogen and oxygen atoms in total. The van der Waals surface area contributed by atoms with Crippen molar-refractivity contribution in [2.24, 2.45) is 4.99 Å². The van der Waals surface area contributed by atoms with Crippen molar-refractivity contribution in [1.29, 1.82) is 0 Å². The van der Waals surface area contributed by atoms with E-state index < -0.39 is 0 Å². The molecule has 0 aliphatic heterocycles. The molecule has 2 N–H and O–H groups in total. The van der Waals surface area contributed by atoms with Crippen LogP contribution in [0.25, 0.3) is 0 Å². The average molecular weight is 256 g/mol. The normalized spacial score (nSPS) is 23.4. The lowest BCUT2D eigenvalue weighted by atomic mass is 10.1. The van der Waals surface area contributed by atoms with Gasteiger partial charge in [0.25, 0.3) is 0 Å². The van der Waals surface area contributed by atoms with Crippen molar-refractivity contribution in [3.05, 3.63) is 34.6 Å². The first-order valence-electron chi connectivity index (χ1n) is 5.52. The summed E-state index contributed by atoms with van der Waals surface area (Å²) in [7, 11) is 3.50. The Morgan fingerprint density at radius 2 is 2.29 bits per heavy atom. The second-order valence-electron chi connectivity index (χ2n) is 4.05. The van der Waals surface area contributed by atoms with Crippen LogP contribution in [0.4, 0.5) is 4.39 Å². The molecule has 1 aromatic rings. The Morgan fingerprint density at radius 1 is 1.53 bits per heavy atom. The number of rotatable bonds is 2. The molecule has 0 radical (unpaired) electrons. The van der Waals surface area contributed by atoms with Crippen molar-refractivity contribution in [3.8, 4) is 0 Å². The van der Waals surface area contributed by atoms with E-state index in [0.29, 0.717) is 16.5 Å². The van der Waals surface area contributed by atoms with Gasteiger partial charge in [0.1, 0.15) is 5.82 Å². The molecule has 2 unspecified atom stereocenters. The monoisotopic (exact) mass is 255 g/mol. The van der Waals surface area contributed by atoms with Gasteiger partial charge in [-0.3, -0.25) is 4.99 Å². The smallest absolute Gasteiger partial charge is 0.190 e. The van der Waals surface area contributed by atoms with Crippen LogP contribution in [0, 0.1) is 5.82 Å². The van der Waals surface area contributed by atoms with Crippen LogP contribution in [-0.2, 0) is 0 Å². The van der Waals surface area contributed by atoms with Gasteiger partial charge < -0.3 is 10.6 Å². The Kier molecular flexibility index (Phi) is 3.52. The van der Waals surface area contributed by atoms with Crippen LogP contribution < -0.4 is 10.6 Å². The third-order valence-electron chi connectivity index (χ3n) is 2.94. The maximum Gasteiger partial charge on any atom is 0.190 e. The molecule has 2 rings (SSSR count). The van der Waals surface area contributed by atoms with E-state index in [1.807, 2.05) is 0 Å². The molecule has 1 aliphatic carbocycles. The van der Waals surface area contributed by atoms with E-state index in [2.05, 4.69) is 15.6 Å². The Morgan fingerprint density at radius 3 is 2.88 bits per heavy atom. The highest BCUT2D eigenvalue weighted by Crippen LogP contribution is 2.44. The van der Waals surface area contributed by atoms with Gasteiger partial charge in [-0.1, -0.05) is 17.7 Å². The van der Waals surface area contributed by atoms with Crippen molar-refractivity contribution >= 4 is 17.6 Å². The quantitative estimate of drug-likeness (QED) is 0.628. The first kappa shape index (κ1) is 12.2. The van der Waals surface area contributed by atoms with Gasteiger partial charge in [-0.05, 0) is 18.6 Å². The largest absolute Gasteiger partial charge is 0.359 e. The first-order valence-corrected chi connectivity index (χ1v) is 5.90. The molecule has 1 aromatic carbocycles. The highest BCUT2D eigenvalue weighted by molar-refractivity contribution is 6.31. The summed E-state index contributed by atoms with van der Waals surface area (Å²) in [5.41, 5.74) is 0.609. The van der Waals surface area contributed by atoms with E-state index in [9.17, 15) is 4.39 Å². The summed E-state index contributed by atoms with van der Waals surface area (Å²) >= 11 is 6.02. The number of halogens is 2. The zero-order chi connectivity index (χ0) is 12.4. The van der Waals surface area contributed by atoms with E-state index >= 15 is 0 Å². The standard InChI is InChI=1S/C12H15ClFN3/c1-15-12(16-2)17-10-6-7(10)11-8(13)4-3-5-9(11)14/h3-5,7,10H,6H2,1-2H3,(H2,15,16,17). The summed E-state index contributed by atoms with van der Waals surface area (Å²) in [5, 5.41) is 6.64. The number of hydrogen-bond donors (Lipinski definition) is 2. The summed E-state index contributed by atoms with van der Waals surface area (Å²) < 4.78 is 13.7. The topological polar surface area (TPSA) is 36.4 Å². The number of hydrogen-bond acceptors (Lipinski definition) is 1. The molecule has 0 spiro atoms. The lowest BCUT2D eigenvalue weighted by Crippen LogP contribution is -2.36. The summed E-state index contributed by atoms with van der Waals surface area (Å²) in [4.78, 5) is 4.03. The lowest BCUT2D eigenvalue weighted by molar-refractivity contribution is 0.608. The summed E-state index contributed by atoms with van der Waals surface area (Å²) in [6.07, 6.45) is 0.876. The van der Waals surface area contributed by atoms with Gasteiger partial charge in [-0.2, -0.15) is 0 Å². The third kappa shape index (κ3) is 2.52. The highest BCUT2D eigenvalue weighted by Gasteiger charge is 2.41. The number of aliphatic imine (C=N–C) groups is 1. The molecule has 2 atom stereocenters. The fourth-order valence-electron chi connectivity index (χ4n) is 1.96. The second kappa shape index (κ2) is 4.92. The Hall–Kier alpha value is -1.29. The lowest BCUT2D eigenvalue weighted by Gasteiger charge is -2.09. The fourth-order valence-corrected chi connectivity index (χ4v) is 2.27. The predicted molar refractivity (Wildman–Crippen MR) is 68.1 cm³/mol. The highest BCUT2D eigenvalue weighted by atomic mass is 35.5. The molecule has 1 aliphatic rings. The maximum absolute atomic E-state index is 13.7. The van der Waals surface area contributed by atoms with Crippen molar-refractivity contribution in [3.63, 3.8) is 0 Å². The van der Waals surface area contributed by atoms with Gasteiger partial charge in [0.05, 0.1) is 0 Å². The van der Waals surface area contributed by atoms with Crippen LogP contribution in [0.5, 0.6) is 0 Å². The average Bonchev–Trinajstić information content (AvgIpc) is 3.05. The molecule has 17 heavy (non-hydrogen) atoms. The summed E-state index contributed by atoms with van der Waals surface area (Å²) in [6, 6.07) is 5.00. The molecule has 0 aromatic heterocycles. The van der Waals surface area contributed by atoms with Crippen LogP contribution in [0.1, 0.15) is 17.9 Å². The molecule has 0 amide bonds. The minimum atomic E-state index is -0.230.